The Morgan fingerprint density at radius 3 is 2.17 bits per heavy atom. The van der Waals surface area contributed by atoms with Crippen LogP contribution in [0.1, 0.15) is 46.0 Å². The van der Waals surface area contributed by atoms with Gasteiger partial charge in [-0.3, -0.25) is 9.35 Å². The van der Waals surface area contributed by atoms with Gasteiger partial charge >= 0.3 is 5.97 Å². The molecule has 0 amide bonds. The number of carbonyl (C=O) groups is 1. The van der Waals surface area contributed by atoms with Gasteiger partial charge in [0.2, 0.25) is 0 Å². The Labute approximate surface area is 142 Å². The molecule has 0 heterocycles. The fraction of sp³-hybridized carbons (Fsp3) is 0.588. The molecule has 0 unspecified atom stereocenters. The van der Waals surface area contributed by atoms with Gasteiger partial charge in [0, 0.05) is 0 Å². The lowest BCUT2D eigenvalue weighted by atomic mass is 9.77. The van der Waals surface area contributed by atoms with Crippen molar-refractivity contribution in [2.24, 2.45) is 11.8 Å². The Kier molecular flexibility index (Phi) is 5.67. The molecule has 134 valence electrons. The minimum Gasteiger partial charge on any atom is -0.426 e. The Morgan fingerprint density at radius 1 is 1.17 bits per heavy atom. The van der Waals surface area contributed by atoms with Crippen LogP contribution in [0.5, 0.6) is 5.75 Å². The summed E-state index contributed by atoms with van der Waals surface area (Å²) in [5.41, 5.74) is -0.688. The minimum atomic E-state index is -4.25. The highest BCUT2D eigenvalue weighted by Gasteiger charge is 2.30. The zero-order valence-electron chi connectivity index (χ0n) is 13.9. The van der Waals surface area contributed by atoms with E-state index < -0.39 is 15.7 Å². The van der Waals surface area contributed by atoms with E-state index in [4.69, 9.17) is 9.29 Å². The molecule has 1 saturated carbocycles. The number of ether oxygens (including phenoxy) is 1. The zero-order chi connectivity index (χ0) is 18.0. The first kappa shape index (κ1) is 18.9. The van der Waals surface area contributed by atoms with E-state index in [1.165, 1.54) is 24.3 Å². The molecular weight excluding hydrogens is 332 g/mol. The molecule has 0 atom stereocenters. The summed E-state index contributed by atoms with van der Waals surface area (Å²) in [6.07, 6.45) is 3.94. The van der Waals surface area contributed by atoms with E-state index >= 15 is 0 Å². The Balaban J connectivity index is 1.88. The Bertz CT molecular complexity index is 664. The van der Waals surface area contributed by atoms with Gasteiger partial charge in [0.1, 0.15) is 5.75 Å². The van der Waals surface area contributed by atoms with Crippen LogP contribution in [0.15, 0.2) is 29.2 Å². The molecule has 1 aromatic carbocycles. The Morgan fingerprint density at radius 2 is 1.71 bits per heavy atom. The maximum absolute atomic E-state index is 12.2. The molecular formula is C17H24O6S. The molecule has 2 rings (SSSR count). The van der Waals surface area contributed by atoms with Crippen molar-refractivity contribution >= 4 is 16.1 Å². The molecule has 0 bridgehead atoms. The van der Waals surface area contributed by atoms with Crippen molar-refractivity contribution in [3.63, 3.8) is 0 Å². The van der Waals surface area contributed by atoms with Gasteiger partial charge in [-0.15, -0.1) is 0 Å². The highest BCUT2D eigenvalue weighted by molar-refractivity contribution is 7.85. The minimum absolute atomic E-state index is 0.177. The van der Waals surface area contributed by atoms with E-state index in [0.717, 1.165) is 32.1 Å². The maximum Gasteiger partial charge on any atom is 0.314 e. The van der Waals surface area contributed by atoms with Crippen LogP contribution in [0, 0.1) is 11.8 Å². The predicted octanol–water partition coefficient (Wildman–Crippen LogP) is 2.81. The summed E-state index contributed by atoms with van der Waals surface area (Å²) < 4.78 is 36.2. The highest BCUT2D eigenvalue weighted by atomic mass is 32.2. The average Bonchev–Trinajstić information content (AvgIpc) is 2.46. The van der Waals surface area contributed by atoms with E-state index in [-0.39, 0.29) is 22.5 Å². The van der Waals surface area contributed by atoms with Crippen molar-refractivity contribution in [1.29, 1.82) is 0 Å². The third-order valence-electron chi connectivity index (χ3n) is 4.31. The molecule has 0 aromatic heterocycles. The SMILES string of the molecule is CC(C)(O)CC1CCC(C(=O)Oc2ccc(S(=O)(=O)O)cc2)CC1. The molecule has 24 heavy (non-hydrogen) atoms. The molecule has 1 fully saturated rings. The van der Waals surface area contributed by atoms with Gasteiger partial charge in [0.25, 0.3) is 10.1 Å². The fourth-order valence-corrected chi connectivity index (χ4v) is 3.67. The van der Waals surface area contributed by atoms with Crippen LogP contribution in [0.25, 0.3) is 0 Å². The molecule has 0 saturated heterocycles. The number of carbonyl (C=O) groups excluding carboxylic acids is 1. The zero-order valence-corrected chi connectivity index (χ0v) is 14.8. The van der Waals surface area contributed by atoms with Crippen LogP contribution in [-0.2, 0) is 14.9 Å². The molecule has 6 nitrogen and oxygen atoms in total. The summed E-state index contributed by atoms with van der Waals surface area (Å²) in [6.45, 7) is 3.59. The Hall–Kier alpha value is -1.44. The molecule has 0 radical (unpaired) electrons. The van der Waals surface area contributed by atoms with Gasteiger partial charge in [-0.2, -0.15) is 8.42 Å². The first-order chi connectivity index (χ1) is 11.0. The van der Waals surface area contributed by atoms with Crippen LogP contribution in [0.2, 0.25) is 0 Å². The fourth-order valence-electron chi connectivity index (χ4n) is 3.19. The molecule has 7 heteroatoms. The first-order valence-electron chi connectivity index (χ1n) is 8.06. The summed E-state index contributed by atoms with van der Waals surface area (Å²) in [4.78, 5) is 12.0. The van der Waals surface area contributed by atoms with Gasteiger partial charge in [0.05, 0.1) is 16.4 Å². The predicted molar refractivity (Wildman–Crippen MR) is 88.3 cm³/mol. The van der Waals surface area contributed by atoms with E-state index in [9.17, 15) is 18.3 Å². The van der Waals surface area contributed by atoms with Crippen molar-refractivity contribution in [2.45, 2.75) is 56.4 Å². The summed E-state index contributed by atoms with van der Waals surface area (Å²) in [5.74, 6) is 0.176. The number of benzene rings is 1. The van der Waals surface area contributed by atoms with Gasteiger partial charge in [-0.25, -0.2) is 0 Å². The van der Waals surface area contributed by atoms with Gasteiger partial charge in [-0.1, -0.05) is 0 Å². The van der Waals surface area contributed by atoms with E-state index in [1.807, 2.05) is 0 Å². The number of esters is 1. The van der Waals surface area contributed by atoms with Crippen LogP contribution in [0.3, 0.4) is 0 Å². The van der Waals surface area contributed by atoms with Gasteiger partial charge in [-0.05, 0) is 76.1 Å². The van der Waals surface area contributed by atoms with E-state index in [0.29, 0.717) is 5.92 Å². The summed E-state index contributed by atoms with van der Waals surface area (Å²) >= 11 is 0. The summed E-state index contributed by atoms with van der Waals surface area (Å²) in [5, 5.41) is 9.87. The molecule has 1 aromatic rings. The van der Waals surface area contributed by atoms with Crippen LogP contribution in [-0.4, -0.2) is 29.6 Å². The quantitative estimate of drug-likeness (QED) is 0.478. The number of aliphatic hydroxyl groups is 1. The van der Waals surface area contributed by atoms with Crippen molar-refractivity contribution in [3.05, 3.63) is 24.3 Å². The average molecular weight is 356 g/mol. The van der Waals surface area contributed by atoms with Gasteiger partial charge < -0.3 is 9.84 Å². The second kappa shape index (κ2) is 7.21. The maximum atomic E-state index is 12.2. The molecule has 0 aliphatic heterocycles. The summed E-state index contributed by atoms with van der Waals surface area (Å²) in [6, 6.07) is 5.08. The lowest BCUT2D eigenvalue weighted by Gasteiger charge is -2.31. The molecule has 1 aliphatic rings. The monoisotopic (exact) mass is 356 g/mol. The second-order valence-electron chi connectivity index (χ2n) is 7.10. The standard InChI is InChI=1S/C17H24O6S/c1-17(2,19)11-12-3-5-13(6-4-12)16(18)23-14-7-9-15(10-8-14)24(20,21)22/h7-10,12-13,19H,3-6,11H2,1-2H3,(H,20,21,22). The topological polar surface area (TPSA) is 101 Å². The summed E-state index contributed by atoms with van der Waals surface area (Å²) in [7, 11) is -4.25. The number of hydrogen-bond donors (Lipinski definition) is 2. The molecule has 0 spiro atoms. The lowest BCUT2D eigenvalue weighted by Crippen LogP contribution is -2.29. The van der Waals surface area contributed by atoms with Crippen molar-refractivity contribution < 1.29 is 27.6 Å². The number of rotatable bonds is 5. The van der Waals surface area contributed by atoms with Crippen molar-refractivity contribution in [1.82, 2.24) is 0 Å². The van der Waals surface area contributed by atoms with Crippen LogP contribution < -0.4 is 4.74 Å². The number of hydrogen-bond acceptors (Lipinski definition) is 5. The normalized spacial score (nSPS) is 22.2. The van der Waals surface area contributed by atoms with E-state index in [1.54, 1.807) is 13.8 Å². The third-order valence-corrected chi connectivity index (χ3v) is 5.18. The smallest absolute Gasteiger partial charge is 0.314 e. The van der Waals surface area contributed by atoms with Crippen molar-refractivity contribution in [3.8, 4) is 5.75 Å². The molecule has 2 N–H and O–H groups in total. The van der Waals surface area contributed by atoms with E-state index in [2.05, 4.69) is 0 Å². The molecule has 1 aliphatic carbocycles. The van der Waals surface area contributed by atoms with Crippen molar-refractivity contribution in [2.75, 3.05) is 0 Å². The lowest BCUT2D eigenvalue weighted by molar-refractivity contribution is -0.140. The third kappa shape index (κ3) is 5.58. The van der Waals surface area contributed by atoms with Gasteiger partial charge in [0.15, 0.2) is 0 Å². The first-order valence-corrected chi connectivity index (χ1v) is 9.50. The van der Waals surface area contributed by atoms with Crippen LogP contribution in [0.4, 0.5) is 0 Å². The highest BCUT2D eigenvalue weighted by Crippen LogP contribution is 2.34. The van der Waals surface area contributed by atoms with Crippen LogP contribution >= 0.6 is 0 Å². The largest absolute Gasteiger partial charge is 0.426 e. The second-order valence-corrected chi connectivity index (χ2v) is 8.52.